The molecule has 1 aromatic carbocycles. The summed E-state index contributed by atoms with van der Waals surface area (Å²) in [5.74, 6) is -0.464. The van der Waals surface area contributed by atoms with E-state index < -0.39 is 5.97 Å². The van der Waals surface area contributed by atoms with Gasteiger partial charge in [0.25, 0.3) is 0 Å². The smallest absolute Gasteiger partial charge is 0.339 e. The van der Waals surface area contributed by atoms with Crippen LogP contribution in [0, 0.1) is 0 Å². The maximum Gasteiger partial charge on any atom is 0.339 e. The maximum absolute atomic E-state index is 11.2. The molecule has 1 heterocycles. The van der Waals surface area contributed by atoms with Crippen LogP contribution in [0.5, 0.6) is 5.75 Å². The summed E-state index contributed by atoms with van der Waals surface area (Å²) in [4.78, 5) is 11.2. The van der Waals surface area contributed by atoms with Crippen molar-refractivity contribution in [2.75, 3.05) is 13.7 Å². The van der Waals surface area contributed by atoms with E-state index in [1.165, 1.54) is 7.11 Å². The summed E-state index contributed by atoms with van der Waals surface area (Å²) in [5.41, 5.74) is 2.27. The van der Waals surface area contributed by atoms with Crippen molar-refractivity contribution in [3.8, 4) is 5.75 Å². The molecule has 2 N–H and O–H groups in total. The fourth-order valence-electron chi connectivity index (χ4n) is 1.96. The quantitative estimate of drug-likeness (QED) is 0.760. The number of hydrogen-bond donors (Lipinski definition) is 2. The lowest BCUT2D eigenvalue weighted by Crippen LogP contribution is -2.25. The molecular weight excluding hydrogens is 194 g/mol. The first kappa shape index (κ1) is 9.98. The minimum atomic E-state index is -0.911. The number of hydrogen-bond acceptors (Lipinski definition) is 3. The Morgan fingerprint density at radius 2 is 2.33 bits per heavy atom. The molecular formula is C11H13NO3. The second-order valence-electron chi connectivity index (χ2n) is 3.51. The third kappa shape index (κ3) is 1.68. The van der Waals surface area contributed by atoms with Gasteiger partial charge in [0, 0.05) is 6.54 Å². The lowest BCUT2D eigenvalue weighted by atomic mass is 9.95. The first-order valence-electron chi connectivity index (χ1n) is 4.87. The molecule has 0 bridgehead atoms. The van der Waals surface area contributed by atoms with E-state index in [4.69, 9.17) is 9.84 Å². The predicted octanol–water partition coefficient (Wildman–Crippen LogP) is 1.04. The molecule has 0 unspecified atom stereocenters. The number of carboxylic acids is 1. The molecule has 0 saturated carbocycles. The molecule has 0 atom stereocenters. The number of methoxy groups -OCH3 is 1. The van der Waals surface area contributed by atoms with Crippen LogP contribution in [0.4, 0.5) is 0 Å². The van der Waals surface area contributed by atoms with E-state index in [1.54, 1.807) is 6.07 Å². The number of benzene rings is 1. The summed E-state index contributed by atoms with van der Waals surface area (Å²) >= 11 is 0. The lowest BCUT2D eigenvalue weighted by molar-refractivity contribution is 0.0691. The van der Waals surface area contributed by atoms with Gasteiger partial charge in [0.15, 0.2) is 0 Å². The molecule has 1 aliphatic heterocycles. The van der Waals surface area contributed by atoms with Crippen LogP contribution >= 0.6 is 0 Å². The average Bonchev–Trinajstić information content (AvgIpc) is 2.27. The fourth-order valence-corrected chi connectivity index (χ4v) is 1.96. The standard InChI is InChI=1S/C11H13NO3/c1-15-9-3-2-7-6-12-5-4-8(7)10(9)11(13)14/h2-3,12H,4-6H2,1H3,(H,13,14). The molecule has 4 heteroatoms. The Balaban J connectivity index is 2.59. The number of carboxylic acid groups (broad SMARTS) is 1. The Bertz CT molecular complexity index is 401. The fraction of sp³-hybridized carbons (Fsp3) is 0.364. The summed E-state index contributed by atoms with van der Waals surface area (Å²) in [5, 5.41) is 12.4. The SMILES string of the molecule is COc1ccc2c(c1C(=O)O)CCNC2. The van der Waals surface area contributed by atoms with Gasteiger partial charge in [-0.05, 0) is 30.2 Å². The van der Waals surface area contributed by atoms with Gasteiger partial charge in [-0.3, -0.25) is 0 Å². The Morgan fingerprint density at radius 1 is 1.53 bits per heavy atom. The van der Waals surface area contributed by atoms with Crippen molar-refractivity contribution >= 4 is 5.97 Å². The van der Waals surface area contributed by atoms with Crippen molar-refractivity contribution < 1.29 is 14.6 Å². The Morgan fingerprint density at radius 3 is 3.00 bits per heavy atom. The van der Waals surface area contributed by atoms with Gasteiger partial charge in [0.05, 0.1) is 7.11 Å². The average molecular weight is 207 g/mol. The number of carbonyl (C=O) groups is 1. The van der Waals surface area contributed by atoms with Gasteiger partial charge < -0.3 is 15.2 Å². The lowest BCUT2D eigenvalue weighted by Gasteiger charge is -2.20. The van der Waals surface area contributed by atoms with Crippen LogP contribution < -0.4 is 10.1 Å². The van der Waals surface area contributed by atoms with E-state index >= 15 is 0 Å². The van der Waals surface area contributed by atoms with Crippen LogP contribution in [0.2, 0.25) is 0 Å². The van der Waals surface area contributed by atoms with Gasteiger partial charge in [-0.2, -0.15) is 0 Å². The molecule has 0 saturated heterocycles. The Kier molecular flexibility index (Phi) is 2.60. The molecule has 0 spiro atoms. The van der Waals surface area contributed by atoms with Crippen molar-refractivity contribution in [2.45, 2.75) is 13.0 Å². The molecule has 1 aromatic rings. The molecule has 0 aromatic heterocycles. The van der Waals surface area contributed by atoms with Crippen LogP contribution in [0.1, 0.15) is 21.5 Å². The summed E-state index contributed by atoms with van der Waals surface area (Å²) in [6.45, 7) is 1.56. The van der Waals surface area contributed by atoms with E-state index in [0.29, 0.717) is 11.3 Å². The van der Waals surface area contributed by atoms with Gasteiger partial charge in [-0.25, -0.2) is 4.79 Å². The molecule has 80 valence electrons. The summed E-state index contributed by atoms with van der Waals surface area (Å²) in [6, 6.07) is 3.64. The van der Waals surface area contributed by atoms with Gasteiger partial charge in [-0.15, -0.1) is 0 Å². The van der Waals surface area contributed by atoms with Crippen LogP contribution in [0.3, 0.4) is 0 Å². The third-order valence-electron chi connectivity index (χ3n) is 2.67. The second-order valence-corrected chi connectivity index (χ2v) is 3.51. The molecule has 0 fully saturated rings. The van der Waals surface area contributed by atoms with E-state index in [9.17, 15) is 4.79 Å². The second kappa shape index (κ2) is 3.90. The highest BCUT2D eigenvalue weighted by Gasteiger charge is 2.21. The molecule has 0 radical (unpaired) electrons. The number of nitrogens with one attached hydrogen (secondary N) is 1. The van der Waals surface area contributed by atoms with Gasteiger partial charge in [0.1, 0.15) is 11.3 Å². The topological polar surface area (TPSA) is 58.6 Å². The van der Waals surface area contributed by atoms with E-state index in [-0.39, 0.29) is 0 Å². The van der Waals surface area contributed by atoms with Gasteiger partial charge in [-0.1, -0.05) is 6.07 Å². The summed E-state index contributed by atoms with van der Waals surface area (Å²) in [7, 11) is 1.50. The van der Waals surface area contributed by atoms with E-state index in [0.717, 1.165) is 30.6 Å². The first-order valence-corrected chi connectivity index (χ1v) is 4.87. The molecule has 0 amide bonds. The molecule has 4 nitrogen and oxygen atoms in total. The minimum absolute atomic E-state index is 0.316. The maximum atomic E-state index is 11.2. The predicted molar refractivity (Wildman–Crippen MR) is 55.4 cm³/mol. The van der Waals surface area contributed by atoms with Crippen LogP contribution in [0.25, 0.3) is 0 Å². The van der Waals surface area contributed by atoms with E-state index in [1.807, 2.05) is 6.07 Å². The number of ether oxygens (including phenoxy) is 1. The zero-order valence-electron chi connectivity index (χ0n) is 8.54. The molecule has 1 aliphatic rings. The van der Waals surface area contributed by atoms with Crippen LogP contribution in [-0.4, -0.2) is 24.7 Å². The van der Waals surface area contributed by atoms with Crippen LogP contribution in [-0.2, 0) is 13.0 Å². The zero-order valence-corrected chi connectivity index (χ0v) is 8.54. The van der Waals surface area contributed by atoms with E-state index in [2.05, 4.69) is 5.32 Å². The molecule has 2 rings (SSSR count). The normalized spacial score (nSPS) is 14.5. The number of aromatic carboxylic acids is 1. The van der Waals surface area contributed by atoms with Gasteiger partial charge in [0.2, 0.25) is 0 Å². The highest BCUT2D eigenvalue weighted by atomic mass is 16.5. The van der Waals surface area contributed by atoms with Crippen molar-refractivity contribution in [3.05, 3.63) is 28.8 Å². The summed E-state index contributed by atoms with van der Waals surface area (Å²) in [6.07, 6.45) is 0.744. The summed E-state index contributed by atoms with van der Waals surface area (Å²) < 4.78 is 5.07. The van der Waals surface area contributed by atoms with Gasteiger partial charge >= 0.3 is 5.97 Å². The zero-order chi connectivity index (χ0) is 10.8. The van der Waals surface area contributed by atoms with Crippen molar-refractivity contribution in [1.29, 1.82) is 0 Å². The third-order valence-corrected chi connectivity index (χ3v) is 2.67. The van der Waals surface area contributed by atoms with Crippen molar-refractivity contribution in [2.24, 2.45) is 0 Å². The largest absolute Gasteiger partial charge is 0.496 e. The number of rotatable bonds is 2. The molecule has 15 heavy (non-hydrogen) atoms. The highest BCUT2D eigenvalue weighted by Crippen LogP contribution is 2.27. The van der Waals surface area contributed by atoms with Crippen LogP contribution in [0.15, 0.2) is 12.1 Å². The highest BCUT2D eigenvalue weighted by molar-refractivity contribution is 5.93. The monoisotopic (exact) mass is 207 g/mol. The first-order chi connectivity index (χ1) is 7.24. The Hall–Kier alpha value is -1.55. The van der Waals surface area contributed by atoms with Crippen molar-refractivity contribution in [1.82, 2.24) is 5.32 Å². The Labute approximate surface area is 87.9 Å². The number of fused-ring (bicyclic) bond motifs is 1. The minimum Gasteiger partial charge on any atom is -0.496 e. The van der Waals surface area contributed by atoms with Crippen molar-refractivity contribution in [3.63, 3.8) is 0 Å². The molecule has 0 aliphatic carbocycles.